The predicted octanol–water partition coefficient (Wildman–Crippen LogP) is 2.46. The van der Waals surface area contributed by atoms with Gasteiger partial charge in [0, 0.05) is 12.2 Å². The van der Waals surface area contributed by atoms with Crippen LogP contribution in [-0.2, 0) is 16.6 Å². The first-order valence-electron chi connectivity index (χ1n) is 7.14. The van der Waals surface area contributed by atoms with Gasteiger partial charge >= 0.3 is 0 Å². The summed E-state index contributed by atoms with van der Waals surface area (Å²) in [6.45, 7) is 5.69. The lowest BCUT2D eigenvalue weighted by Crippen LogP contribution is -2.14. The number of aliphatic hydroxyl groups is 1. The van der Waals surface area contributed by atoms with Gasteiger partial charge in [0.15, 0.2) is 5.03 Å². The summed E-state index contributed by atoms with van der Waals surface area (Å²) in [5.41, 5.74) is 1.88. The second-order valence-electron chi connectivity index (χ2n) is 5.33. The van der Waals surface area contributed by atoms with Crippen LogP contribution < -0.4 is 4.72 Å². The Kier molecular flexibility index (Phi) is 4.87. The van der Waals surface area contributed by atoms with Crippen molar-refractivity contribution in [3.8, 4) is 0 Å². The summed E-state index contributed by atoms with van der Waals surface area (Å²) in [5, 5.41) is 9.15. The van der Waals surface area contributed by atoms with E-state index in [1.807, 2.05) is 13.8 Å². The first kappa shape index (κ1) is 16.5. The molecule has 2 aromatic rings. The van der Waals surface area contributed by atoms with E-state index in [4.69, 9.17) is 5.11 Å². The second kappa shape index (κ2) is 6.50. The summed E-state index contributed by atoms with van der Waals surface area (Å²) in [7, 11) is -3.75. The second-order valence-corrected chi connectivity index (χ2v) is 6.96. The van der Waals surface area contributed by atoms with Gasteiger partial charge in [-0.25, -0.2) is 4.98 Å². The van der Waals surface area contributed by atoms with Crippen molar-refractivity contribution in [1.82, 2.24) is 9.55 Å². The number of nitrogens with zero attached hydrogens (tertiary/aromatic N) is 2. The summed E-state index contributed by atoms with van der Waals surface area (Å²) >= 11 is 0. The smallest absolute Gasteiger partial charge is 0.280 e. The largest absolute Gasteiger partial charge is 0.392 e. The maximum absolute atomic E-state index is 12.4. The molecule has 6 nitrogen and oxygen atoms in total. The van der Waals surface area contributed by atoms with E-state index in [9.17, 15) is 8.42 Å². The minimum absolute atomic E-state index is 0.0124. The summed E-state index contributed by atoms with van der Waals surface area (Å²) in [6, 6.07) is 5.33. The lowest BCUT2D eigenvalue weighted by molar-refractivity contribution is 0.282. The standard InChI is InChI=1S/C15H21N3O3S/c1-4-12(3)18-8-15(16-10-18)22(20,21)17-14-7-13(9-19)6-5-11(14)2/h5-8,10,12,17,19H,4,9H2,1-3H3. The maximum Gasteiger partial charge on any atom is 0.280 e. The third-order valence-electron chi connectivity index (χ3n) is 3.68. The molecule has 0 fully saturated rings. The number of aromatic nitrogens is 2. The quantitative estimate of drug-likeness (QED) is 0.855. The molecule has 7 heteroatoms. The molecule has 0 radical (unpaired) electrons. The highest BCUT2D eigenvalue weighted by Gasteiger charge is 2.19. The van der Waals surface area contributed by atoms with Gasteiger partial charge in [-0.3, -0.25) is 4.72 Å². The van der Waals surface area contributed by atoms with Crippen molar-refractivity contribution in [2.24, 2.45) is 0 Å². The molecule has 0 bridgehead atoms. The molecular formula is C15H21N3O3S. The number of sulfonamides is 1. The van der Waals surface area contributed by atoms with Crippen molar-refractivity contribution >= 4 is 15.7 Å². The summed E-state index contributed by atoms with van der Waals surface area (Å²) in [5.74, 6) is 0. The third-order valence-corrected chi connectivity index (χ3v) is 4.93. The van der Waals surface area contributed by atoms with E-state index in [1.54, 1.807) is 29.7 Å². The highest BCUT2D eigenvalue weighted by atomic mass is 32.2. The van der Waals surface area contributed by atoms with E-state index >= 15 is 0 Å². The molecule has 0 spiro atoms. The Morgan fingerprint density at radius 1 is 1.41 bits per heavy atom. The first-order valence-corrected chi connectivity index (χ1v) is 8.62. The van der Waals surface area contributed by atoms with Crippen LogP contribution >= 0.6 is 0 Å². The molecule has 22 heavy (non-hydrogen) atoms. The molecule has 1 heterocycles. The van der Waals surface area contributed by atoms with E-state index < -0.39 is 10.0 Å². The molecule has 0 aliphatic rings. The Morgan fingerprint density at radius 2 is 2.14 bits per heavy atom. The third kappa shape index (κ3) is 3.48. The van der Waals surface area contributed by atoms with Crippen LogP contribution in [0.4, 0.5) is 5.69 Å². The van der Waals surface area contributed by atoms with Crippen molar-refractivity contribution in [1.29, 1.82) is 0 Å². The summed E-state index contributed by atoms with van der Waals surface area (Å²) in [6.07, 6.45) is 3.95. The van der Waals surface area contributed by atoms with Gasteiger partial charge in [-0.2, -0.15) is 8.42 Å². The van der Waals surface area contributed by atoms with E-state index in [1.165, 1.54) is 12.5 Å². The Hall–Kier alpha value is -1.86. The molecule has 0 aliphatic carbocycles. The molecule has 1 unspecified atom stereocenters. The Bertz CT molecular complexity index is 753. The van der Waals surface area contributed by atoms with Gasteiger partial charge in [0.05, 0.1) is 18.6 Å². The van der Waals surface area contributed by atoms with Crippen LogP contribution in [-0.4, -0.2) is 23.1 Å². The lowest BCUT2D eigenvalue weighted by atomic mass is 10.1. The molecule has 2 N–H and O–H groups in total. The van der Waals surface area contributed by atoms with Crippen LogP contribution in [0.5, 0.6) is 0 Å². The number of aryl methyl sites for hydroxylation is 1. The van der Waals surface area contributed by atoms with Gasteiger partial charge in [-0.1, -0.05) is 19.1 Å². The lowest BCUT2D eigenvalue weighted by Gasteiger charge is -2.11. The molecular weight excluding hydrogens is 302 g/mol. The van der Waals surface area contributed by atoms with E-state index in [2.05, 4.69) is 9.71 Å². The van der Waals surface area contributed by atoms with Gasteiger partial charge in [-0.05, 0) is 37.5 Å². The fraction of sp³-hybridized carbons (Fsp3) is 0.400. The molecule has 0 aliphatic heterocycles. The SMILES string of the molecule is CCC(C)n1cnc(S(=O)(=O)Nc2cc(CO)ccc2C)c1. The normalized spacial score (nSPS) is 13.1. The van der Waals surface area contributed by atoms with Crippen molar-refractivity contribution in [2.45, 2.75) is 44.9 Å². The Balaban J connectivity index is 2.30. The van der Waals surface area contributed by atoms with E-state index in [-0.39, 0.29) is 17.7 Å². The van der Waals surface area contributed by atoms with E-state index in [0.29, 0.717) is 11.3 Å². The highest BCUT2D eigenvalue weighted by Crippen LogP contribution is 2.21. The average molecular weight is 323 g/mol. The number of rotatable bonds is 6. The molecule has 0 saturated heterocycles. The van der Waals surface area contributed by atoms with Crippen LogP contribution in [0.3, 0.4) is 0 Å². The molecule has 1 aromatic heterocycles. The maximum atomic E-state index is 12.4. The average Bonchev–Trinajstić information content (AvgIpc) is 2.99. The fourth-order valence-corrected chi connectivity index (χ4v) is 3.04. The monoisotopic (exact) mass is 323 g/mol. The van der Waals surface area contributed by atoms with Gasteiger partial charge in [0.2, 0.25) is 0 Å². The fourth-order valence-electron chi connectivity index (χ4n) is 1.98. The molecule has 120 valence electrons. The summed E-state index contributed by atoms with van der Waals surface area (Å²) in [4.78, 5) is 3.99. The zero-order chi connectivity index (χ0) is 16.3. The number of aliphatic hydroxyl groups excluding tert-OH is 1. The van der Waals surface area contributed by atoms with Crippen LogP contribution in [0.25, 0.3) is 0 Å². The molecule has 0 amide bonds. The van der Waals surface area contributed by atoms with Crippen LogP contribution in [0.2, 0.25) is 0 Å². The number of benzene rings is 1. The summed E-state index contributed by atoms with van der Waals surface area (Å²) < 4.78 is 29.2. The van der Waals surface area contributed by atoms with Crippen LogP contribution in [0.15, 0.2) is 35.7 Å². The topological polar surface area (TPSA) is 84.2 Å². The highest BCUT2D eigenvalue weighted by molar-refractivity contribution is 7.92. The zero-order valence-corrected chi connectivity index (χ0v) is 13.8. The minimum atomic E-state index is -3.75. The van der Waals surface area contributed by atoms with Crippen LogP contribution in [0, 0.1) is 6.92 Å². The molecule has 0 saturated carbocycles. The zero-order valence-electron chi connectivity index (χ0n) is 12.9. The first-order chi connectivity index (χ1) is 10.4. The van der Waals surface area contributed by atoms with Gasteiger partial charge < -0.3 is 9.67 Å². The number of imidazole rings is 1. The predicted molar refractivity (Wildman–Crippen MR) is 85.1 cm³/mol. The number of nitrogens with one attached hydrogen (secondary N) is 1. The minimum Gasteiger partial charge on any atom is -0.392 e. The van der Waals surface area contributed by atoms with Crippen molar-refractivity contribution < 1.29 is 13.5 Å². The van der Waals surface area contributed by atoms with Gasteiger partial charge in [-0.15, -0.1) is 0 Å². The Labute approximate surface area is 130 Å². The van der Waals surface area contributed by atoms with Gasteiger partial charge in [0.1, 0.15) is 0 Å². The molecule has 2 rings (SSSR count). The van der Waals surface area contributed by atoms with Crippen LogP contribution in [0.1, 0.15) is 37.4 Å². The Morgan fingerprint density at radius 3 is 2.77 bits per heavy atom. The van der Waals surface area contributed by atoms with Crippen molar-refractivity contribution in [2.75, 3.05) is 4.72 Å². The van der Waals surface area contributed by atoms with Gasteiger partial charge in [0.25, 0.3) is 10.0 Å². The van der Waals surface area contributed by atoms with Crippen molar-refractivity contribution in [3.63, 3.8) is 0 Å². The van der Waals surface area contributed by atoms with E-state index in [0.717, 1.165) is 12.0 Å². The molecule has 1 atom stereocenters. The number of hydrogen-bond donors (Lipinski definition) is 2. The molecule has 1 aromatic carbocycles. The number of anilines is 1. The number of hydrogen-bond acceptors (Lipinski definition) is 4. The van der Waals surface area contributed by atoms with Crippen molar-refractivity contribution in [3.05, 3.63) is 41.9 Å².